The molecule has 0 bridgehead atoms. The van der Waals surface area contributed by atoms with Crippen LogP contribution >= 0.6 is 24.0 Å². The minimum absolute atomic E-state index is 0. The smallest absolute Gasteiger partial charge is 0.251 e. The molecule has 2 unspecified atom stereocenters. The first-order chi connectivity index (χ1) is 11.0. The molecule has 1 aliphatic rings. The summed E-state index contributed by atoms with van der Waals surface area (Å²) in [7, 11) is 0. The average molecular weight is 448 g/mol. The van der Waals surface area contributed by atoms with Crippen molar-refractivity contribution in [2.24, 2.45) is 10.9 Å². The summed E-state index contributed by atoms with van der Waals surface area (Å²) in [6.07, 6.45) is 1.17. The number of carbonyl (C=O) groups excluding carboxylic acids is 1. The summed E-state index contributed by atoms with van der Waals surface area (Å²) < 4.78 is 13.5. The molecular weight excluding hydrogens is 422 g/mol. The summed E-state index contributed by atoms with van der Waals surface area (Å²) in [6, 6.07) is 4.98. The molecule has 1 aromatic carbocycles. The highest BCUT2D eigenvalue weighted by atomic mass is 127. The Kier molecular flexibility index (Phi) is 8.44. The molecule has 0 heterocycles. The van der Waals surface area contributed by atoms with Gasteiger partial charge in [-0.2, -0.15) is 0 Å². The molecule has 0 saturated heterocycles. The van der Waals surface area contributed by atoms with E-state index in [2.05, 4.69) is 27.9 Å². The van der Waals surface area contributed by atoms with Crippen LogP contribution < -0.4 is 16.0 Å². The Hall–Kier alpha value is -1.38. The standard InChI is InChI=1S/C17H25FN4O.HI/c1-4-19-17(22-15-9-12(15)3)21-8-7-20-16(23)13-6-5-11(2)14(18)10-13;/h5-6,10,12,15H,4,7-9H2,1-3H3,(H,20,23)(H2,19,21,22);1H. The zero-order valence-corrected chi connectivity index (χ0v) is 16.7. The summed E-state index contributed by atoms with van der Waals surface area (Å²) >= 11 is 0. The molecule has 2 rings (SSSR count). The van der Waals surface area contributed by atoms with Crippen LogP contribution in [0.15, 0.2) is 23.2 Å². The molecular formula is C17H26FIN4O. The van der Waals surface area contributed by atoms with Crippen LogP contribution in [0.1, 0.15) is 36.2 Å². The Morgan fingerprint density at radius 1 is 1.38 bits per heavy atom. The topological polar surface area (TPSA) is 65.5 Å². The quantitative estimate of drug-likeness (QED) is 0.271. The summed E-state index contributed by atoms with van der Waals surface area (Å²) in [5.74, 6) is 0.813. The second-order valence-electron chi connectivity index (χ2n) is 5.94. The highest BCUT2D eigenvalue weighted by molar-refractivity contribution is 14.0. The van der Waals surface area contributed by atoms with Crippen LogP contribution in [0.4, 0.5) is 4.39 Å². The lowest BCUT2D eigenvalue weighted by molar-refractivity contribution is 0.0954. The lowest BCUT2D eigenvalue weighted by Crippen LogP contribution is -2.39. The maximum atomic E-state index is 13.5. The van der Waals surface area contributed by atoms with Crippen LogP contribution in [-0.2, 0) is 0 Å². The largest absolute Gasteiger partial charge is 0.357 e. The highest BCUT2D eigenvalue weighted by Crippen LogP contribution is 2.28. The van der Waals surface area contributed by atoms with Crippen LogP contribution in [0.3, 0.4) is 0 Å². The Bertz CT molecular complexity index is 594. The molecule has 1 saturated carbocycles. The van der Waals surface area contributed by atoms with Crippen LogP contribution in [0.25, 0.3) is 0 Å². The van der Waals surface area contributed by atoms with Gasteiger partial charge in [0.1, 0.15) is 5.82 Å². The molecule has 1 amide bonds. The Morgan fingerprint density at radius 3 is 2.67 bits per heavy atom. The molecule has 0 spiro atoms. The molecule has 0 radical (unpaired) electrons. The molecule has 0 aromatic heterocycles. The number of aryl methyl sites for hydroxylation is 1. The predicted molar refractivity (Wildman–Crippen MR) is 106 cm³/mol. The summed E-state index contributed by atoms with van der Waals surface area (Å²) in [5.41, 5.74) is 0.857. The van der Waals surface area contributed by atoms with Gasteiger partial charge in [-0.15, -0.1) is 24.0 Å². The normalized spacial score (nSPS) is 19.2. The molecule has 1 fully saturated rings. The number of rotatable bonds is 6. The van der Waals surface area contributed by atoms with Gasteiger partial charge in [0, 0.05) is 24.7 Å². The van der Waals surface area contributed by atoms with Gasteiger partial charge in [0.25, 0.3) is 5.91 Å². The van der Waals surface area contributed by atoms with E-state index in [4.69, 9.17) is 0 Å². The SMILES string of the molecule is CCNC(=NCCNC(=O)c1ccc(C)c(F)c1)NC1CC1C.I. The van der Waals surface area contributed by atoms with Gasteiger partial charge in [0.05, 0.1) is 6.54 Å². The molecule has 3 N–H and O–H groups in total. The van der Waals surface area contributed by atoms with E-state index < -0.39 is 0 Å². The number of benzene rings is 1. The summed E-state index contributed by atoms with van der Waals surface area (Å²) in [5, 5.41) is 9.29. The molecule has 24 heavy (non-hydrogen) atoms. The van der Waals surface area contributed by atoms with Crippen LogP contribution in [-0.4, -0.2) is 37.5 Å². The van der Waals surface area contributed by atoms with Crippen molar-refractivity contribution in [3.05, 3.63) is 35.1 Å². The lowest BCUT2D eigenvalue weighted by atomic mass is 10.1. The minimum Gasteiger partial charge on any atom is -0.357 e. The monoisotopic (exact) mass is 448 g/mol. The third kappa shape index (κ3) is 6.26. The van der Waals surface area contributed by atoms with Crippen molar-refractivity contribution in [3.8, 4) is 0 Å². The second kappa shape index (κ2) is 9.80. The van der Waals surface area contributed by atoms with Crippen molar-refractivity contribution in [2.75, 3.05) is 19.6 Å². The number of amides is 1. The summed E-state index contributed by atoms with van der Waals surface area (Å²) in [6.45, 7) is 7.55. The van der Waals surface area contributed by atoms with E-state index in [-0.39, 0.29) is 35.7 Å². The van der Waals surface area contributed by atoms with Gasteiger partial charge in [-0.3, -0.25) is 9.79 Å². The van der Waals surface area contributed by atoms with Crippen LogP contribution in [0, 0.1) is 18.7 Å². The van der Waals surface area contributed by atoms with E-state index in [1.165, 1.54) is 12.5 Å². The fourth-order valence-electron chi connectivity index (χ4n) is 2.19. The van der Waals surface area contributed by atoms with Crippen molar-refractivity contribution >= 4 is 35.8 Å². The van der Waals surface area contributed by atoms with Crippen molar-refractivity contribution in [2.45, 2.75) is 33.2 Å². The number of nitrogens with zero attached hydrogens (tertiary/aromatic N) is 1. The predicted octanol–water partition coefficient (Wildman–Crippen LogP) is 2.45. The van der Waals surface area contributed by atoms with E-state index in [1.54, 1.807) is 19.1 Å². The van der Waals surface area contributed by atoms with Crippen molar-refractivity contribution in [3.63, 3.8) is 0 Å². The Morgan fingerprint density at radius 2 is 2.08 bits per heavy atom. The number of carbonyl (C=O) groups is 1. The molecule has 0 aliphatic heterocycles. The minimum atomic E-state index is -0.368. The number of halogens is 2. The Labute approximate surface area is 159 Å². The van der Waals surface area contributed by atoms with E-state index in [0.717, 1.165) is 12.5 Å². The van der Waals surface area contributed by atoms with E-state index in [9.17, 15) is 9.18 Å². The van der Waals surface area contributed by atoms with Gasteiger partial charge in [0.2, 0.25) is 0 Å². The zero-order valence-electron chi connectivity index (χ0n) is 14.4. The Balaban J connectivity index is 0.00000288. The van der Waals surface area contributed by atoms with E-state index >= 15 is 0 Å². The molecule has 134 valence electrons. The van der Waals surface area contributed by atoms with Crippen LogP contribution in [0.5, 0.6) is 0 Å². The number of hydrogen-bond acceptors (Lipinski definition) is 2. The molecule has 1 aliphatic carbocycles. The fourth-order valence-corrected chi connectivity index (χ4v) is 2.19. The van der Waals surface area contributed by atoms with E-state index in [0.29, 0.717) is 36.2 Å². The first-order valence-corrected chi connectivity index (χ1v) is 8.10. The first kappa shape index (κ1) is 20.7. The zero-order chi connectivity index (χ0) is 16.8. The maximum absolute atomic E-state index is 13.5. The number of hydrogen-bond donors (Lipinski definition) is 3. The molecule has 7 heteroatoms. The fraction of sp³-hybridized carbons (Fsp3) is 0.529. The van der Waals surface area contributed by atoms with Gasteiger partial charge in [-0.1, -0.05) is 13.0 Å². The summed E-state index contributed by atoms with van der Waals surface area (Å²) in [4.78, 5) is 16.4. The number of guanidine groups is 1. The van der Waals surface area contributed by atoms with Gasteiger partial charge in [-0.25, -0.2) is 4.39 Å². The molecule has 1 aromatic rings. The maximum Gasteiger partial charge on any atom is 0.251 e. The van der Waals surface area contributed by atoms with Gasteiger partial charge in [0.15, 0.2) is 5.96 Å². The van der Waals surface area contributed by atoms with Crippen molar-refractivity contribution < 1.29 is 9.18 Å². The third-order valence-corrected chi connectivity index (χ3v) is 3.88. The molecule has 5 nitrogen and oxygen atoms in total. The number of nitrogens with one attached hydrogen (secondary N) is 3. The second-order valence-corrected chi connectivity index (χ2v) is 5.94. The third-order valence-electron chi connectivity index (χ3n) is 3.88. The highest BCUT2D eigenvalue weighted by Gasteiger charge is 2.33. The van der Waals surface area contributed by atoms with Crippen LogP contribution in [0.2, 0.25) is 0 Å². The lowest BCUT2D eigenvalue weighted by Gasteiger charge is -2.11. The molecule has 2 atom stereocenters. The van der Waals surface area contributed by atoms with Crippen molar-refractivity contribution in [1.29, 1.82) is 0 Å². The van der Waals surface area contributed by atoms with E-state index in [1.807, 2.05) is 6.92 Å². The van der Waals surface area contributed by atoms with Gasteiger partial charge >= 0.3 is 0 Å². The first-order valence-electron chi connectivity index (χ1n) is 8.10. The van der Waals surface area contributed by atoms with Gasteiger partial charge in [-0.05, 0) is 43.9 Å². The van der Waals surface area contributed by atoms with Crippen molar-refractivity contribution in [1.82, 2.24) is 16.0 Å². The van der Waals surface area contributed by atoms with Gasteiger partial charge < -0.3 is 16.0 Å². The average Bonchev–Trinajstić information content (AvgIpc) is 3.21. The number of aliphatic imine (C=N–C) groups is 1.